The van der Waals surface area contributed by atoms with Crippen LogP contribution in [0.4, 0.5) is 0 Å². The lowest BCUT2D eigenvalue weighted by atomic mass is 9.93. The highest BCUT2D eigenvalue weighted by Crippen LogP contribution is 2.48. The smallest absolute Gasteiger partial charge is 0.230 e. The minimum absolute atomic E-state index is 0.167. The first kappa shape index (κ1) is 17.0. The van der Waals surface area contributed by atoms with Crippen molar-refractivity contribution in [3.63, 3.8) is 0 Å². The fraction of sp³-hybridized carbons (Fsp3) is 0.632. The van der Waals surface area contributed by atoms with Gasteiger partial charge in [-0.2, -0.15) is 0 Å². The van der Waals surface area contributed by atoms with E-state index in [0.29, 0.717) is 11.5 Å². The van der Waals surface area contributed by atoms with Crippen molar-refractivity contribution in [1.82, 2.24) is 10.2 Å². The summed E-state index contributed by atoms with van der Waals surface area (Å²) in [7, 11) is -2.83. The fourth-order valence-corrected chi connectivity index (χ4v) is 6.09. The molecule has 0 unspecified atom stereocenters. The molecule has 1 atom stereocenters. The van der Waals surface area contributed by atoms with Crippen LogP contribution < -0.4 is 5.32 Å². The Labute approximate surface area is 149 Å². The van der Waals surface area contributed by atoms with E-state index in [1.54, 1.807) is 0 Å². The van der Waals surface area contributed by atoms with Crippen molar-refractivity contribution in [3.05, 3.63) is 35.9 Å². The number of carbonyl (C=O) groups is 1. The monoisotopic (exact) mass is 362 g/mol. The zero-order valence-corrected chi connectivity index (χ0v) is 15.3. The molecule has 3 aliphatic rings. The first-order chi connectivity index (χ1) is 12.0. The molecule has 0 radical (unpaired) electrons. The van der Waals surface area contributed by atoms with E-state index in [2.05, 4.69) is 22.3 Å². The lowest BCUT2D eigenvalue weighted by molar-refractivity contribution is -0.124. The molecule has 3 fully saturated rings. The molecule has 4 rings (SSSR count). The van der Waals surface area contributed by atoms with Crippen molar-refractivity contribution in [2.75, 3.05) is 24.6 Å². The quantitative estimate of drug-likeness (QED) is 0.881. The Balaban J connectivity index is 1.31. The van der Waals surface area contributed by atoms with Crippen LogP contribution in [0.5, 0.6) is 0 Å². The summed E-state index contributed by atoms with van der Waals surface area (Å²) >= 11 is 0. The number of hydrogen-bond acceptors (Lipinski definition) is 4. The summed E-state index contributed by atoms with van der Waals surface area (Å²) in [4.78, 5) is 15.1. The fourth-order valence-electron chi connectivity index (χ4n) is 4.32. The molecule has 1 aromatic rings. The number of nitrogens with zero attached hydrogens (tertiary/aromatic N) is 1. The normalized spacial score (nSPS) is 28.6. The minimum atomic E-state index is -2.83. The summed E-state index contributed by atoms with van der Waals surface area (Å²) in [5.41, 5.74) is 0.818. The van der Waals surface area contributed by atoms with Crippen molar-refractivity contribution in [3.8, 4) is 0 Å². The average molecular weight is 362 g/mol. The summed E-state index contributed by atoms with van der Waals surface area (Å²) in [5, 5.41) is 3.26. The summed E-state index contributed by atoms with van der Waals surface area (Å²) in [5.74, 6) is 0.801. The molecule has 25 heavy (non-hydrogen) atoms. The van der Waals surface area contributed by atoms with Crippen LogP contribution >= 0.6 is 0 Å². The van der Waals surface area contributed by atoms with Crippen LogP contribution in [0.15, 0.2) is 30.3 Å². The van der Waals surface area contributed by atoms with Gasteiger partial charge in [0.2, 0.25) is 5.91 Å². The van der Waals surface area contributed by atoms with Crippen LogP contribution in [0.2, 0.25) is 0 Å². The molecule has 1 saturated carbocycles. The first-order valence-corrected chi connectivity index (χ1v) is 11.1. The topological polar surface area (TPSA) is 66.5 Å². The summed E-state index contributed by atoms with van der Waals surface area (Å²) in [6.07, 6.45) is 4.44. The molecule has 5 nitrogen and oxygen atoms in total. The van der Waals surface area contributed by atoms with Crippen molar-refractivity contribution in [2.45, 2.75) is 49.6 Å². The van der Waals surface area contributed by atoms with Crippen LogP contribution in [-0.4, -0.2) is 55.9 Å². The highest BCUT2D eigenvalue weighted by atomic mass is 32.2. The van der Waals surface area contributed by atoms with Gasteiger partial charge in [0, 0.05) is 25.2 Å². The third-order valence-electron chi connectivity index (χ3n) is 6.10. The molecule has 1 aliphatic carbocycles. The molecule has 2 heterocycles. The Morgan fingerprint density at radius 2 is 1.76 bits per heavy atom. The number of piperidine rings is 1. The minimum Gasteiger partial charge on any atom is -0.353 e. The molecule has 0 bridgehead atoms. The summed E-state index contributed by atoms with van der Waals surface area (Å²) in [6, 6.07) is 10.5. The SMILES string of the molecule is O=C(NC1CCN([C@@H]2CCS(=O)(=O)C2)CC1)C1(c2ccccc2)CC1. The number of nitrogens with one attached hydrogen (secondary N) is 1. The molecular weight excluding hydrogens is 336 g/mol. The van der Waals surface area contributed by atoms with Crippen LogP contribution in [0.25, 0.3) is 0 Å². The molecule has 1 N–H and O–H groups in total. The van der Waals surface area contributed by atoms with E-state index in [-0.39, 0.29) is 23.4 Å². The Morgan fingerprint density at radius 3 is 2.32 bits per heavy atom. The molecule has 6 heteroatoms. The van der Waals surface area contributed by atoms with Crippen molar-refractivity contribution < 1.29 is 13.2 Å². The Morgan fingerprint density at radius 1 is 1.08 bits per heavy atom. The van der Waals surface area contributed by atoms with Gasteiger partial charge in [-0.05, 0) is 37.7 Å². The predicted molar refractivity (Wildman–Crippen MR) is 97.2 cm³/mol. The molecule has 136 valence electrons. The molecule has 1 amide bonds. The number of rotatable bonds is 4. The second kappa shape index (κ2) is 6.40. The van der Waals surface area contributed by atoms with E-state index < -0.39 is 9.84 Å². The van der Waals surface area contributed by atoms with Gasteiger partial charge in [0.05, 0.1) is 16.9 Å². The summed E-state index contributed by atoms with van der Waals surface area (Å²) in [6.45, 7) is 1.76. The molecule has 2 saturated heterocycles. The Kier molecular flexibility index (Phi) is 4.36. The van der Waals surface area contributed by atoms with Gasteiger partial charge in [0.25, 0.3) is 0 Å². The van der Waals surface area contributed by atoms with E-state index in [1.807, 2.05) is 18.2 Å². The molecule has 1 aromatic carbocycles. The number of hydrogen-bond donors (Lipinski definition) is 1. The van der Waals surface area contributed by atoms with Crippen LogP contribution in [-0.2, 0) is 20.0 Å². The van der Waals surface area contributed by atoms with E-state index in [0.717, 1.165) is 50.8 Å². The summed E-state index contributed by atoms with van der Waals surface area (Å²) < 4.78 is 23.3. The maximum Gasteiger partial charge on any atom is 0.230 e. The van der Waals surface area contributed by atoms with Gasteiger partial charge in [-0.15, -0.1) is 0 Å². The molecule has 0 spiro atoms. The highest BCUT2D eigenvalue weighted by Gasteiger charge is 2.51. The van der Waals surface area contributed by atoms with Crippen molar-refractivity contribution in [2.24, 2.45) is 0 Å². The number of sulfone groups is 1. The van der Waals surface area contributed by atoms with E-state index in [1.165, 1.54) is 0 Å². The third-order valence-corrected chi connectivity index (χ3v) is 7.85. The highest BCUT2D eigenvalue weighted by molar-refractivity contribution is 7.91. The van der Waals surface area contributed by atoms with E-state index in [4.69, 9.17) is 0 Å². The van der Waals surface area contributed by atoms with Gasteiger partial charge >= 0.3 is 0 Å². The van der Waals surface area contributed by atoms with Gasteiger partial charge in [-0.25, -0.2) is 8.42 Å². The Hall–Kier alpha value is -1.40. The number of carbonyl (C=O) groups excluding carboxylic acids is 1. The first-order valence-electron chi connectivity index (χ1n) is 9.29. The van der Waals surface area contributed by atoms with Crippen molar-refractivity contribution in [1.29, 1.82) is 0 Å². The average Bonchev–Trinajstić information content (AvgIpc) is 3.35. The Bertz CT molecular complexity index is 735. The second-order valence-corrected chi connectivity index (χ2v) is 10.0. The van der Waals surface area contributed by atoms with Crippen LogP contribution in [0, 0.1) is 0 Å². The number of benzene rings is 1. The van der Waals surface area contributed by atoms with Gasteiger partial charge in [0.15, 0.2) is 9.84 Å². The standard InChI is InChI=1S/C19H26N2O3S/c22-18(19(9-10-19)15-4-2-1-3-5-15)20-16-6-11-21(12-7-16)17-8-13-25(23,24)14-17/h1-5,16-17H,6-14H2,(H,20,22)/t17-/m1/s1. The number of amides is 1. The van der Waals surface area contributed by atoms with Gasteiger partial charge in [0.1, 0.15) is 0 Å². The largest absolute Gasteiger partial charge is 0.353 e. The maximum absolute atomic E-state index is 12.8. The van der Waals surface area contributed by atoms with E-state index in [9.17, 15) is 13.2 Å². The second-order valence-electron chi connectivity index (χ2n) is 7.79. The predicted octanol–water partition coefficient (Wildman–Crippen LogP) is 1.49. The molecule has 0 aromatic heterocycles. The van der Waals surface area contributed by atoms with Gasteiger partial charge in [-0.3, -0.25) is 9.69 Å². The zero-order chi connectivity index (χ0) is 17.5. The maximum atomic E-state index is 12.8. The number of likely N-dealkylation sites (tertiary alicyclic amines) is 1. The van der Waals surface area contributed by atoms with Crippen LogP contribution in [0.1, 0.15) is 37.7 Å². The lowest BCUT2D eigenvalue weighted by Gasteiger charge is -2.36. The van der Waals surface area contributed by atoms with Crippen LogP contribution in [0.3, 0.4) is 0 Å². The van der Waals surface area contributed by atoms with Gasteiger partial charge < -0.3 is 5.32 Å². The third kappa shape index (κ3) is 3.47. The van der Waals surface area contributed by atoms with Crippen molar-refractivity contribution >= 4 is 15.7 Å². The zero-order valence-electron chi connectivity index (χ0n) is 14.5. The molecular formula is C19H26N2O3S. The molecule has 2 aliphatic heterocycles. The van der Waals surface area contributed by atoms with Gasteiger partial charge in [-0.1, -0.05) is 30.3 Å². The van der Waals surface area contributed by atoms with E-state index >= 15 is 0 Å². The lowest BCUT2D eigenvalue weighted by Crippen LogP contribution is -2.50.